The van der Waals surface area contributed by atoms with Gasteiger partial charge in [-0.05, 0) is 43.2 Å². The fraction of sp³-hybridized carbons (Fsp3) is 0.211. The van der Waals surface area contributed by atoms with E-state index in [9.17, 15) is 0 Å². The van der Waals surface area contributed by atoms with E-state index in [0.717, 1.165) is 24.2 Å². The maximum atomic E-state index is 6.35. The van der Waals surface area contributed by atoms with Crippen LogP contribution in [0.2, 0.25) is 15.1 Å². The van der Waals surface area contributed by atoms with Crippen LogP contribution in [0.5, 0.6) is 5.75 Å². The van der Waals surface area contributed by atoms with E-state index in [2.05, 4.69) is 11.2 Å². The summed E-state index contributed by atoms with van der Waals surface area (Å²) in [7, 11) is 0. The molecule has 3 aromatic rings. The highest BCUT2D eigenvalue weighted by Gasteiger charge is 2.33. The van der Waals surface area contributed by atoms with Gasteiger partial charge >= 0.3 is 0 Å². The van der Waals surface area contributed by atoms with Crippen molar-refractivity contribution in [3.8, 4) is 17.0 Å². The Morgan fingerprint density at radius 2 is 1.92 bits per heavy atom. The molecule has 3 nitrogen and oxygen atoms in total. The van der Waals surface area contributed by atoms with Gasteiger partial charge in [-0.2, -0.15) is 0 Å². The number of benzene rings is 2. The lowest BCUT2D eigenvalue weighted by Gasteiger charge is -2.09. The number of rotatable bonds is 5. The lowest BCUT2D eigenvalue weighted by atomic mass is 10.0. The minimum atomic E-state index is 0.281. The second kappa shape index (κ2) is 6.91. The van der Waals surface area contributed by atoms with E-state index < -0.39 is 0 Å². The van der Waals surface area contributed by atoms with E-state index in [-0.39, 0.29) is 6.61 Å². The fourth-order valence-corrected chi connectivity index (χ4v) is 3.44. The van der Waals surface area contributed by atoms with E-state index in [1.54, 1.807) is 36.4 Å². The molecule has 0 aliphatic heterocycles. The third-order valence-corrected chi connectivity index (χ3v) is 4.94. The average Bonchev–Trinajstić information content (AvgIpc) is 3.34. The molecule has 1 fully saturated rings. The van der Waals surface area contributed by atoms with Gasteiger partial charge in [-0.15, -0.1) is 0 Å². The molecule has 2 aromatic carbocycles. The van der Waals surface area contributed by atoms with Crippen LogP contribution in [-0.2, 0) is 6.61 Å². The molecule has 0 atom stereocenters. The third kappa shape index (κ3) is 3.50. The summed E-state index contributed by atoms with van der Waals surface area (Å²) >= 11 is 18.7. The molecule has 1 aliphatic rings. The minimum Gasteiger partial charge on any atom is -0.488 e. The highest BCUT2D eigenvalue weighted by atomic mass is 35.5. The lowest BCUT2D eigenvalue weighted by molar-refractivity contribution is 0.300. The first-order valence-corrected chi connectivity index (χ1v) is 8.99. The van der Waals surface area contributed by atoms with Crippen LogP contribution >= 0.6 is 34.8 Å². The first-order valence-electron chi connectivity index (χ1n) is 7.86. The van der Waals surface area contributed by atoms with E-state index in [0.29, 0.717) is 38.0 Å². The smallest absolute Gasteiger partial charge is 0.147 e. The Morgan fingerprint density at radius 3 is 2.60 bits per heavy atom. The topological polar surface area (TPSA) is 35.3 Å². The third-order valence-electron chi connectivity index (χ3n) is 4.08. The number of hydrogen-bond donors (Lipinski definition) is 0. The summed E-state index contributed by atoms with van der Waals surface area (Å²) in [5, 5.41) is 5.89. The van der Waals surface area contributed by atoms with E-state index in [1.807, 2.05) is 0 Å². The zero-order chi connectivity index (χ0) is 17.4. The number of aromatic nitrogens is 1. The highest BCUT2D eigenvalue weighted by Crippen LogP contribution is 2.46. The van der Waals surface area contributed by atoms with Crippen LogP contribution in [0.15, 0.2) is 40.9 Å². The van der Waals surface area contributed by atoms with Crippen molar-refractivity contribution in [2.45, 2.75) is 25.4 Å². The molecule has 1 aliphatic carbocycles. The standard InChI is InChI=1S/C19H13Cl3NO2/c20-12-3-1-4-13(9-12)24-10-14-18(23-25-19(14)11-7-8-11)17-15(21)5-2-6-16(17)22/h1-3,5-6,9,11H,7-8,10H2. The molecule has 1 heterocycles. The van der Waals surface area contributed by atoms with Gasteiger partial charge < -0.3 is 9.26 Å². The maximum Gasteiger partial charge on any atom is 0.147 e. The molecule has 6 heteroatoms. The monoisotopic (exact) mass is 392 g/mol. The molecular formula is C19H13Cl3NO2. The van der Waals surface area contributed by atoms with Crippen LogP contribution in [0.1, 0.15) is 30.1 Å². The van der Waals surface area contributed by atoms with Crippen LogP contribution in [0.3, 0.4) is 0 Å². The van der Waals surface area contributed by atoms with Gasteiger partial charge in [0.25, 0.3) is 0 Å². The summed E-state index contributed by atoms with van der Waals surface area (Å²) in [6.45, 7) is 0.281. The SMILES string of the molecule is Clc1cc[c]c(OCc2c(-c3c(Cl)cccc3Cl)noc2C2CC2)c1. The molecule has 25 heavy (non-hydrogen) atoms. The van der Waals surface area contributed by atoms with Crippen LogP contribution in [0.4, 0.5) is 0 Å². The summed E-state index contributed by atoms with van der Waals surface area (Å²) < 4.78 is 11.5. The van der Waals surface area contributed by atoms with Crippen LogP contribution in [0.25, 0.3) is 11.3 Å². The van der Waals surface area contributed by atoms with Crippen molar-refractivity contribution in [2.75, 3.05) is 0 Å². The van der Waals surface area contributed by atoms with Gasteiger partial charge in [0.15, 0.2) is 0 Å². The van der Waals surface area contributed by atoms with Crippen molar-refractivity contribution in [2.24, 2.45) is 0 Å². The molecule has 1 radical (unpaired) electrons. The molecule has 0 amide bonds. The zero-order valence-electron chi connectivity index (χ0n) is 13.1. The van der Waals surface area contributed by atoms with Crippen molar-refractivity contribution in [3.05, 3.63) is 68.9 Å². The van der Waals surface area contributed by atoms with Gasteiger partial charge in [0, 0.05) is 22.6 Å². The van der Waals surface area contributed by atoms with Gasteiger partial charge in [-0.1, -0.05) is 46.0 Å². The predicted octanol–water partition coefficient (Wildman–Crippen LogP) is 6.56. The minimum absolute atomic E-state index is 0.281. The summed E-state index contributed by atoms with van der Waals surface area (Å²) in [6.07, 6.45) is 2.17. The first kappa shape index (κ1) is 16.8. The molecule has 127 valence electrons. The molecule has 1 aromatic heterocycles. The Labute approximate surface area is 160 Å². The fourth-order valence-electron chi connectivity index (χ4n) is 2.70. The normalized spacial score (nSPS) is 13.9. The lowest BCUT2D eigenvalue weighted by Crippen LogP contribution is -2.00. The Bertz CT molecular complexity index is 899. The second-order valence-corrected chi connectivity index (χ2v) is 7.16. The Hall–Kier alpha value is -1.68. The number of nitrogens with zero attached hydrogens (tertiary/aromatic N) is 1. The molecule has 0 unspecified atom stereocenters. The molecule has 0 saturated heterocycles. The van der Waals surface area contributed by atoms with Gasteiger partial charge in [0.1, 0.15) is 23.8 Å². The summed E-state index contributed by atoms with van der Waals surface area (Å²) in [5.74, 6) is 1.78. The van der Waals surface area contributed by atoms with Crippen molar-refractivity contribution in [3.63, 3.8) is 0 Å². The molecule has 0 N–H and O–H groups in total. The van der Waals surface area contributed by atoms with E-state index in [4.69, 9.17) is 44.1 Å². The van der Waals surface area contributed by atoms with Crippen LogP contribution < -0.4 is 4.74 Å². The Morgan fingerprint density at radius 1 is 1.16 bits per heavy atom. The second-order valence-electron chi connectivity index (χ2n) is 5.90. The zero-order valence-corrected chi connectivity index (χ0v) is 15.3. The number of hydrogen-bond acceptors (Lipinski definition) is 3. The molecule has 1 saturated carbocycles. The number of ether oxygens (including phenoxy) is 1. The van der Waals surface area contributed by atoms with Gasteiger partial charge in [-0.3, -0.25) is 0 Å². The summed E-state index contributed by atoms with van der Waals surface area (Å²) in [5.41, 5.74) is 2.15. The largest absolute Gasteiger partial charge is 0.488 e. The quantitative estimate of drug-likeness (QED) is 0.492. The number of halogens is 3. The Balaban J connectivity index is 1.71. The van der Waals surface area contributed by atoms with Crippen molar-refractivity contribution < 1.29 is 9.26 Å². The first-order chi connectivity index (χ1) is 12.1. The van der Waals surface area contributed by atoms with E-state index in [1.165, 1.54) is 0 Å². The van der Waals surface area contributed by atoms with E-state index >= 15 is 0 Å². The molecular weight excluding hydrogens is 381 g/mol. The van der Waals surface area contributed by atoms with Gasteiger partial charge in [-0.25, -0.2) is 0 Å². The Kier molecular flexibility index (Phi) is 4.63. The maximum absolute atomic E-state index is 6.35. The predicted molar refractivity (Wildman–Crippen MR) is 98.6 cm³/mol. The van der Waals surface area contributed by atoms with Crippen molar-refractivity contribution >= 4 is 34.8 Å². The summed E-state index contributed by atoms with van der Waals surface area (Å²) in [4.78, 5) is 0. The molecule has 0 spiro atoms. The highest BCUT2D eigenvalue weighted by molar-refractivity contribution is 6.39. The molecule has 4 rings (SSSR count). The van der Waals surface area contributed by atoms with Gasteiger partial charge in [0.05, 0.1) is 15.6 Å². The summed E-state index contributed by atoms with van der Waals surface area (Å²) in [6, 6.07) is 13.6. The van der Waals surface area contributed by atoms with Crippen molar-refractivity contribution in [1.82, 2.24) is 5.16 Å². The van der Waals surface area contributed by atoms with Gasteiger partial charge in [0.2, 0.25) is 0 Å². The molecule has 0 bridgehead atoms. The van der Waals surface area contributed by atoms with Crippen molar-refractivity contribution in [1.29, 1.82) is 0 Å². The average molecular weight is 394 g/mol. The van der Waals surface area contributed by atoms with Crippen LogP contribution in [-0.4, -0.2) is 5.16 Å². The van der Waals surface area contributed by atoms with Crippen LogP contribution in [0, 0.1) is 6.07 Å².